The van der Waals surface area contributed by atoms with Crippen LogP contribution in [0.15, 0.2) is 206 Å². The Labute approximate surface area is 324 Å². The van der Waals surface area contributed by atoms with E-state index in [-0.39, 0.29) is 0 Å². The molecule has 4 heteroatoms. The number of hydrogen-bond donors (Lipinski definition) is 0. The van der Waals surface area contributed by atoms with Crippen LogP contribution >= 0.6 is 0 Å². The molecule has 0 N–H and O–H groups in total. The highest BCUT2D eigenvalue weighted by Gasteiger charge is 2.24. The Kier molecular flexibility index (Phi) is 7.46. The van der Waals surface area contributed by atoms with Gasteiger partial charge in [0, 0.05) is 43.9 Å². The molecule has 4 nitrogen and oxygen atoms in total. The molecule has 0 aliphatic carbocycles. The molecule has 0 radical (unpaired) electrons. The van der Waals surface area contributed by atoms with Gasteiger partial charge in [-0.05, 0) is 53.6 Å². The maximum atomic E-state index is 5.39. The van der Waals surface area contributed by atoms with Crippen molar-refractivity contribution in [2.24, 2.45) is 0 Å². The van der Waals surface area contributed by atoms with Crippen LogP contribution in [-0.4, -0.2) is 19.1 Å². The molecule has 0 amide bonds. The number of nitrogens with zero attached hydrogens (tertiary/aromatic N) is 4. The SMILES string of the molecule is c1ccc(-c2nc(-c3ccccc3)c(-n3c4ccccc4c4cc(-c5cccc6c5c5ccccc5n6-c5ccccc5)ccc43)c(-c3ccccc3)n2)cc1. The minimum Gasteiger partial charge on any atom is -0.309 e. The normalized spacial score (nSPS) is 11.6. The van der Waals surface area contributed by atoms with Crippen molar-refractivity contribution in [3.8, 4) is 56.4 Å². The van der Waals surface area contributed by atoms with E-state index < -0.39 is 0 Å². The monoisotopic (exact) mass is 714 g/mol. The van der Waals surface area contributed by atoms with Crippen molar-refractivity contribution in [2.45, 2.75) is 0 Å². The Morgan fingerprint density at radius 1 is 0.321 bits per heavy atom. The van der Waals surface area contributed by atoms with Crippen LogP contribution in [0.4, 0.5) is 0 Å². The largest absolute Gasteiger partial charge is 0.309 e. The summed E-state index contributed by atoms with van der Waals surface area (Å²) in [5, 5.41) is 4.83. The van der Waals surface area contributed by atoms with Gasteiger partial charge in [-0.2, -0.15) is 0 Å². The van der Waals surface area contributed by atoms with Crippen LogP contribution < -0.4 is 0 Å². The molecule has 0 bridgehead atoms. The summed E-state index contributed by atoms with van der Waals surface area (Å²) in [7, 11) is 0. The van der Waals surface area contributed by atoms with Crippen molar-refractivity contribution in [1.29, 1.82) is 0 Å². The minimum atomic E-state index is 0.692. The van der Waals surface area contributed by atoms with Crippen LogP contribution in [0.2, 0.25) is 0 Å². The van der Waals surface area contributed by atoms with E-state index in [1.807, 2.05) is 18.2 Å². The number of hydrogen-bond acceptors (Lipinski definition) is 2. The number of rotatable bonds is 6. The molecule has 0 aliphatic rings. The lowest BCUT2D eigenvalue weighted by atomic mass is 9.98. The van der Waals surface area contributed by atoms with Gasteiger partial charge in [0.25, 0.3) is 0 Å². The lowest BCUT2D eigenvalue weighted by Crippen LogP contribution is -2.06. The van der Waals surface area contributed by atoms with E-state index in [1.54, 1.807) is 0 Å². The lowest BCUT2D eigenvalue weighted by molar-refractivity contribution is 1.09. The van der Waals surface area contributed by atoms with Gasteiger partial charge in [0.2, 0.25) is 0 Å². The second-order valence-electron chi connectivity index (χ2n) is 14.2. The number of aromatic nitrogens is 4. The Bertz CT molecular complexity index is 3160. The van der Waals surface area contributed by atoms with Gasteiger partial charge in [-0.1, -0.05) is 164 Å². The molecular weight excluding hydrogens is 681 g/mol. The first-order chi connectivity index (χ1) is 27.8. The van der Waals surface area contributed by atoms with Gasteiger partial charge in [0.1, 0.15) is 0 Å². The summed E-state index contributed by atoms with van der Waals surface area (Å²) in [5.74, 6) is 0.692. The molecule has 11 rings (SSSR count). The van der Waals surface area contributed by atoms with Crippen LogP contribution in [0.1, 0.15) is 0 Å². The third kappa shape index (κ3) is 5.08. The Morgan fingerprint density at radius 2 is 0.821 bits per heavy atom. The zero-order valence-corrected chi connectivity index (χ0v) is 30.4. The van der Waals surface area contributed by atoms with E-state index in [2.05, 4.69) is 197 Å². The predicted octanol–water partition coefficient (Wildman–Crippen LogP) is 13.3. The smallest absolute Gasteiger partial charge is 0.160 e. The summed E-state index contributed by atoms with van der Waals surface area (Å²) in [4.78, 5) is 10.8. The summed E-state index contributed by atoms with van der Waals surface area (Å²) in [5.41, 5.74) is 13.9. The quantitative estimate of drug-likeness (QED) is 0.172. The fourth-order valence-electron chi connectivity index (χ4n) is 8.47. The maximum absolute atomic E-state index is 5.39. The lowest BCUT2D eigenvalue weighted by Gasteiger charge is -2.19. The first-order valence-corrected chi connectivity index (χ1v) is 19.0. The molecule has 0 atom stereocenters. The standard InChI is InChI=1S/C52H34N4/c1-5-18-35(19-6-1)49-51(50(36-20-7-2-8-21-36)54-52(53-49)37-22-9-3-10-23-37)56-44-29-15-13-26-41(44)43-34-38(32-33-46(43)56)40-28-17-31-47-48(40)42-27-14-16-30-45(42)55(47)39-24-11-4-12-25-39/h1-34H. The summed E-state index contributed by atoms with van der Waals surface area (Å²) < 4.78 is 4.77. The molecule has 262 valence electrons. The average Bonchev–Trinajstić information content (AvgIpc) is 3.80. The molecule has 3 aromatic heterocycles. The van der Waals surface area contributed by atoms with Crippen LogP contribution in [0.25, 0.3) is 100 Å². The van der Waals surface area contributed by atoms with Crippen LogP contribution in [0.3, 0.4) is 0 Å². The first-order valence-electron chi connectivity index (χ1n) is 19.0. The van der Waals surface area contributed by atoms with Crippen molar-refractivity contribution in [2.75, 3.05) is 0 Å². The minimum absolute atomic E-state index is 0.692. The second-order valence-corrected chi connectivity index (χ2v) is 14.2. The van der Waals surface area contributed by atoms with Crippen molar-refractivity contribution in [3.63, 3.8) is 0 Å². The van der Waals surface area contributed by atoms with Crippen molar-refractivity contribution < 1.29 is 0 Å². The Hall–Kier alpha value is -7.56. The fraction of sp³-hybridized carbons (Fsp3) is 0. The van der Waals surface area contributed by atoms with Gasteiger partial charge in [0.15, 0.2) is 5.82 Å². The van der Waals surface area contributed by atoms with E-state index in [0.717, 1.165) is 50.5 Å². The molecule has 56 heavy (non-hydrogen) atoms. The Morgan fingerprint density at radius 3 is 1.46 bits per heavy atom. The van der Waals surface area contributed by atoms with Crippen molar-refractivity contribution in [3.05, 3.63) is 206 Å². The molecule has 8 aromatic carbocycles. The van der Waals surface area contributed by atoms with Crippen LogP contribution in [-0.2, 0) is 0 Å². The maximum Gasteiger partial charge on any atom is 0.160 e. The van der Waals surface area contributed by atoms with Gasteiger partial charge in [0.05, 0.1) is 39.1 Å². The number of benzene rings is 8. The summed E-state index contributed by atoms with van der Waals surface area (Å²) >= 11 is 0. The molecule has 0 saturated carbocycles. The second kappa shape index (κ2) is 13.1. The van der Waals surface area contributed by atoms with E-state index in [9.17, 15) is 0 Å². The van der Waals surface area contributed by atoms with Crippen LogP contribution in [0.5, 0.6) is 0 Å². The molecule has 11 aromatic rings. The zero-order chi connectivity index (χ0) is 37.0. The van der Waals surface area contributed by atoms with Crippen LogP contribution in [0, 0.1) is 0 Å². The van der Waals surface area contributed by atoms with Gasteiger partial charge >= 0.3 is 0 Å². The summed E-state index contributed by atoms with van der Waals surface area (Å²) in [6, 6.07) is 73.1. The highest BCUT2D eigenvalue weighted by molar-refractivity contribution is 6.17. The molecule has 0 spiro atoms. The average molecular weight is 715 g/mol. The predicted molar refractivity (Wildman–Crippen MR) is 232 cm³/mol. The molecule has 0 unspecified atom stereocenters. The van der Waals surface area contributed by atoms with Crippen molar-refractivity contribution in [1.82, 2.24) is 19.1 Å². The van der Waals surface area contributed by atoms with Gasteiger partial charge in [-0.25, -0.2) is 9.97 Å². The van der Waals surface area contributed by atoms with E-state index in [0.29, 0.717) is 5.82 Å². The Balaban J connectivity index is 1.21. The van der Waals surface area contributed by atoms with Gasteiger partial charge in [-0.3, -0.25) is 0 Å². The number of fused-ring (bicyclic) bond motifs is 6. The van der Waals surface area contributed by atoms with Crippen molar-refractivity contribution >= 4 is 43.6 Å². The molecule has 0 aliphatic heterocycles. The zero-order valence-electron chi connectivity index (χ0n) is 30.4. The van der Waals surface area contributed by atoms with Gasteiger partial charge in [-0.15, -0.1) is 0 Å². The molecule has 0 fully saturated rings. The molecular formula is C52H34N4. The summed E-state index contributed by atoms with van der Waals surface area (Å²) in [6.07, 6.45) is 0. The van der Waals surface area contributed by atoms with E-state index >= 15 is 0 Å². The fourth-order valence-corrected chi connectivity index (χ4v) is 8.47. The molecule has 3 heterocycles. The third-order valence-electron chi connectivity index (χ3n) is 10.9. The first kappa shape index (κ1) is 31.9. The third-order valence-corrected chi connectivity index (χ3v) is 10.9. The van der Waals surface area contributed by atoms with Gasteiger partial charge < -0.3 is 9.13 Å². The topological polar surface area (TPSA) is 35.6 Å². The summed E-state index contributed by atoms with van der Waals surface area (Å²) in [6.45, 7) is 0. The number of para-hydroxylation sites is 3. The molecule has 0 saturated heterocycles. The van der Waals surface area contributed by atoms with E-state index in [4.69, 9.17) is 9.97 Å². The van der Waals surface area contributed by atoms with E-state index in [1.165, 1.54) is 43.7 Å². The highest BCUT2D eigenvalue weighted by atomic mass is 15.1. The highest BCUT2D eigenvalue weighted by Crippen LogP contribution is 2.44.